The van der Waals surface area contributed by atoms with Gasteiger partial charge in [-0.05, 0) is 0 Å². The second kappa shape index (κ2) is 12.3. The Balaban J connectivity index is 5.85. The second-order valence-electron chi connectivity index (χ2n) is 10.2. The fourth-order valence-corrected chi connectivity index (χ4v) is 28.4. The van der Waals surface area contributed by atoms with Crippen LogP contribution in [0.4, 0.5) is 0 Å². The predicted molar refractivity (Wildman–Crippen MR) is 126 cm³/mol. The Morgan fingerprint density at radius 2 is 1.16 bits per heavy atom. The van der Waals surface area contributed by atoms with Gasteiger partial charge in [-0.25, -0.2) is 0 Å². The van der Waals surface area contributed by atoms with E-state index in [1.165, 1.54) is 44.6 Å². The van der Waals surface area contributed by atoms with Gasteiger partial charge in [0.05, 0.1) is 0 Å². The topological polar surface area (TPSA) is 9.23 Å². The molecular weight excluding hydrogens is 443 g/mol. The molecule has 25 heavy (non-hydrogen) atoms. The van der Waals surface area contributed by atoms with Gasteiger partial charge in [0.25, 0.3) is 0 Å². The molecule has 0 aliphatic rings. The Morgan fingerprint density at radius 1 is 0.760 bits per heavy atom. The van der Waals surface area contributed by atoms with Crippen LogP contribution in [0.25, 0.3) is 0 Å². The normalized spacial score (nSPS) is 14.0. The van der Waals surface area contributed by atoms with E-state index in [1.54, 1.807) is 13.3 Å². The van der Waals surface area contributed by atoms with Crippen LogP contribution in [0.5, 0.6) is 0 Å². The van der Waals surface area contributed by atoms with Crippen molar-refractivity contribution < 1.29 is 4.43 Å². The minimum atomic E-state index is -2.32. The molecule has 0 amide bonds. The molecular formula is C21H48OSi2Sn. The monoisotopic (exact) mass is 492 g/mol. The molecule has 0 atom stereocenters. The Morgan fingerprint density at radius 3 is 1.44 bits per heavy atom. The average Bonchev–Trinajstić information content (AvgIpc) is 2.49. The van der Waals surface area contributed by atoms with E-state index < -0.39 is 34.8 Å². The molecule has 0 aromatic heterocycles. The molecule has 0 aromatic carbocycles. The van der Waals surface area contributed by atoms with E-state index in [0.717, 1.165) is 0 Å². The molecule has 0 aromatic rings. The van der Waals surface area contributed by atoms with Gasteiger partial charge >= 0.3 is 167 Å². The SMILES string of the molecule is CCC[CH2][Sn]([CH2]CCC)([CH2]CCC)[C](=CO[Si](C)(C)C)C[Si](C)(C)C. The van der Waals surface area contributed by atoms with E-state index in [2.05, 4.69) is 66.3 Å². The molecule has 0 aliphatic heterocycles. The summed E-state index contributed by atoms with van der Waals surface area (Å²) in [4.78, 5) is 0. The van der Waals surface area contributed by atoms with Crippen molar-refractivity contribution in [1.82, 2.24) is 0 Å². The molecule has 0 N–H and O–H groups in total. The number of rotatable bonds is 14. The first-order chi connectivity index (χ1) is 11.5. The first-order valence-electron chi connectivity index (χ1n) is 10.9. The van der Waals surface area contributed by atoms with E-state index in [4.69, 9.17) is 4.43 Å². The van der Waals surface area contributed by atoms with Crippen LogP contribution < -0.4 is 0 Å². The van der Waals surface area contributed by atoms with Crippen LogP contribution in [0.1, 0.15) is 59.3 Å². The van der Waals surface area contributed by atoms with Crippen molar-refractivity contribution in [3.63, 3.8) is 0 Å². The summed E-state index contributed by atoms with van der Waals surface area (Å²) in [6.45, 7) is 21.7. The summed E-state index contributed by atoms with van der Waals surface area (Å²) in [5, 5.41) is 0. The fourth-order valence-electron chi connectivity index (χ4n) is 3.58. The summed E-state index contributed by atoms with van der Waals surface area (Å²) >= 11 is -2.32. The summed E-state index contributed by atoms with van der Waals surface area (Å²) in [6.07, 6.45) is 10.8. The van der Waals surface area contributed by atoms with Gasteiger partial charge in [-0.2, -0.15) is 0 Å². The van der Waals surface area contributed by atoms with Gasteiger partial charge in [0.15, 0.2) is 0 Å². The number of allylic oxidation sites excluding steroid dienone is 1. The van der Waals surface area contributed by atoms with Crippen molar-refractivity contribution in [3.8, 4) is 0 Å². The molecule has 4 heteroatoms. The van der Waals surface area contributed by atoms with Gasteiger partial charge in [-0.3, -0.25) is 0 Å². The quantitative estimate of drug-likeness (QED) is 0.175. The van der Waals surface area contributed by atoms with Crippen LogP contribution in [0.2, 0.25) is 58.6 Å². The van der Waals surface area contributed by atoms with Crippen molar-refractivity contribution in [3.05, 3.63) is 9.85 Å². The predicted octanol–water partition coefficient (Wildman–Crippen LogP) is 8.45. The van der Waals surface area contributed by atoms with Gasteiger partial charge in [0.1, 0.15) is 0 Å². The maximum absolute atomic E-state index is 6.43. The molecule has 0 radical (unpaired) electrons. The summed E-state index contributed by atoms with van der Waals surface area (Å²) in [5.41, 5.74) is 0. The first-order valence-corrected chi connectivity index (χ1v) is 25.5. The number of hydrogen-bond acceptors (Lipinski definition) is 1. The van der Waals surface area contributed by atoms with Crippen LogP contribution in [0.3, 0.4) is 0 Å². The summed E-state index contributed by atoms with van der Waals surface area (Å²) in [7, 11) is -2.62. The maximum atomic E-state index is 6.43. The van der Waals surface area contributed by atoms with Gasteiger partial charge in [-0.15, -0.1) is 0 Å². The van der Waals surface area contributed by atoms with Gasteiger partial charge in [-0.1, -0.05) is 0 Å². The van der Waals surface area contributed by atoms with E-state index >= 15 is 0 Å². The Bertz CT molecular complexity index is 359. The van der Waals surface area contributed by atoms with Crippen LogP contribution in [0.15, 0.2) is 9.85 Å². The number of unbranched alkanes of at least 4 members (excludes halogenated alkanes) is 3. The van der Waals surface area contributed by atoms with E-state index in [0.29, 0.717) is 0 Å². The van der Waals surface area contributed by atoms with Crippen molar-refractivity contribution in [1.29, 1.82) is 0 Å². The Kier molecular flexibility index (Phi) is 12.7. The standard InChI is InChI=1S/C9H21OSi2.3C4H9.Sn/c1-11(2,3)9-7-8-10-12(4,5)6;3*1-3-4-2;/h8H,9H2,1-6H3;3*1,3-4H2,2H3;. The molecule has 0 rings (SSSR count). The first kappa shape index (κ1) is 25.8. The van der Waals surface area contributed by atoms with Gasteiger partial charge in [0, 0.05) is 0 Å². The second-order valence-corrected chi connectivity index (χ2v) is 33.6. The third-order valence-corrected chi connectivity index (χ3v) is 24.2. The molecule has 0 aliphatic carbocycles. The zero-order valence-corrected chi connectivity index (χ0v) is 23.9. The summed E-state index contributed by atoms with van der Waals surface area (Å²) in [6, 6.07) is 1.39. The fraction of sp³-hybridized carbons (Fsp3) is 0.905. The zero-order valence-electron chi connectivity index (χ0n) is 19.1. The molecule has 0 saturated carbocycles. The van der Waals surface area contributed by atoms with Crippen molar-refractivity contribution in [2.45, 2.75) is 118 Å². The van der Waals surface area contributed by atoms with Crippen molar-refractivity contribution in [2.24, 2.45) is 0 Å². The minimum absolute atomic E-state index is 1.12. The van der Waals surface area contributed by atoms with Crippen molar-refractivity contribution in [2.75, 3.05) is 0 Å². The van der Waals surface area contributed by atoms with Crippen LogP contribution in [0, 0.1) is 0 Å². The third-order valence-electron chi connectivity index (χ3n) is 4.98. The van der Waals surface area contributed by atoms with Crippen LogP contribution in [-0.4, -0.2) is 34.8 Å². The van der Waals surface area contributed by atoms with Crippen molar-refractivity contribution >= 4 is 34.8 Å². The Hall–Kier alpha value is 0.772. The molecule has 1 nitrogen and oxygen atoms in total. The van der Waals surface area contributed by atoms with Gasteiger partial charge in [0.2, 0.25) is 0 Å². The van der Waals surface area contributed by atoms with Gasteiger partial charge < -0.3 is 0 Å². The summed E-state index contributed by atoms with van der Waals surface area (Å²) < 4.78 is 13.0. The third kappa shape index (κ3) is 12.0. The average molecular weight is 491 g/mol. The molecule has 0 spiro atoms. The van der Waals surface area contributed by atoms with E-state index in [1.807, 2.05) is 3.59 Å². The van der Waals surface area contributed by atoms with E-state index in [-0.39, 0.29) is 0 Å². The summed E-state index contributed by atoms with van der Waals surface area (Å²) in [5.74, 6) is 0. The Labute approximate surface area is 166 Å². The molecule has 150 valence electrons. The molecule has 0 heterocycles. The van der Waals surface area contributed by atoms with E-state index in [9.17, 15) is 0 Å². The molecule has 0 saturated heterocycles. The molecule has 0 bridgehead atoms. The van der Waals surface area contributed by atoms with Crippen LogP contribution in [-0.2, 0) is 4.43 Å². The molecule has 0 unspecified atom stereocenters. The molecule has 0 fully saturated rings. The van der Waals surface area contributed by atoms with Crippen LogP contribution >= 0.6 is 0 Å². The zero-order chi connectivity index (χ0) is 19.6. The number of hydrogen-bond donors (Lipinski definition) is 0.